The molecule has 1 aliphatic rings. The van der Waals surface area contributed by atoms with Crippen molar-refractivity contribution in [2.24, 2.45) is 0 Å². The molecule has 0 N–H and O–H groups in total. The Hall–Kier alpha value is -1.60. The highest BCUT2D eigenvalue weighted by molar-refractivity contribution is 5.57. The van der Waals surface area contributed by atoms with Gasteiger partial charge in [-0.25, -0.2) is 0 Å². The Balaban J connectivity index is 2.39. The lowest BCUT2D eigenvalue weighted by Gasteiger charge is -2.51. The van der Waals surface area contributed by atoms with E-state index in [9.17, 15) is 0 Å². The predicted octanol–water partition coefficient (Wildman–Crippen LogP) is 6.71. The van der Waals surface area contributed by atoms with Gasteiger partial charge in [-0.2, -0.15) is 0 Å². The van der Waals surface area contributed by atoms with Gasteiger partial charge in [-0.1, -0.05) is 32.0 Å². The summed E-state index contributed by atoms with van der Waals surface area (Å²) in [6, 6.07) is 6.78. The summed E-state index contributed by atoms with van der Waals surface area (Å²) in [5.41, 5.74) is 12.1. The van der Waals surface area contributed by atoms with E-state index in [0.717, 1.165) is 0 Å². The molecule has 140 valence electrons. The molecule has 0 fully saturated rings. The second-order valence-corrected chi connectivity index (χ2v) is 9.27. The Kier molecular flexibility index (Phi) is 4.39. The Morgan fingerprint density at radius 1 is 0.731 bits per heavy atom. The molecule has 2 aromatic rings. The zero-order chi connectivity index (χ0) is 19.6. The third kappa shape index (κ3) is 2.55. The van der Waals surface area contributed by atoms with Gasteiger partial charge in [0.2, 0.25) is 0 Å². The molecule has 1 heterocycles. The largest absolute Gasteiger partial charge is 0.362 e. The summed E-state index contributed by atoms with van der Waals surface area (Å²) in [5.74, 6) is 0. The van der Waals surface area contributed by atoms with E-state index < -0.39 is 0 Å². The van der Waals surface area contributed by atoms with Crippen LogP contribution in [-0.4, -0.2) is 5.60 Å². The molecule has 1 heteroatoms. The molecule has 1 aliphatic heterocycles. The average molecular weight is 351 g/mol. The topological polar surface area (TPSA) is 9.23 Å². The van der Waals surface area contributed by atoms with Crippen LogP contribution in [0.4, 0.5) is 0 Å². The summed E-state index contributed by atoms with van der Waals surface area (Å²) >= 11 is 0. The molecule has 0 saturated carbocycles. The minimum Gasteiger partial charge on any atom is -0.362 e. The summed E-state index contributed by atoms with van der Waals surface area (Å²) in [5, 5.41) is 0. The van der Waals surface area contributed by atoms with Crippen LogP contribution in [-0.2, 0) is 10.2 Å². The van der Waals surface area contributed by atoms with E-state index >= 15 is 0 Å². The monoisotopic (exact) mass is 350 g/mol. The maximum Gasteiger partial charge on any atom is 0.109 e. The molecule has 26 heavy (non-hydrogen) atoms. The van der Waals surface area contributed by atoms with Crippen molar-refractivity contribution in [3.8, 4) is 0 Å². The van der Waals surface area contributed by atoms with Crippen LogP contribution in [0.1, 0.15) is 83.9 Å². The summed E-state index contributed by atoms with van der Waals surface area (Å²) in [4.78, 5) is 0. The molecule has 0 aliphatic carbocycles. The molecule has 1 atom stereocenters. The minimum absolute atomic E-state index is 0.00896. The fourth-order valence-electron chi connectivity index (χ4n) is 4.44. The van der Waals surface area contributed by atoms with Crippen molar-refractivity contribution in [1.82, 2.24) is 0 Å². The van der Waals surface area contributed by atoms with Crippen LogP contribution in [0.25, 0.3) is 0 Å². The Bertz CT molecular complexity index is 884. The lowest BCUT2D eigenvalue weighted by atomic mass is 9.64. The lowest BCUT2D eigenvalue weighted by molar-refractivity contribution is -0.113. The van der Waals surface area contributed by atoms with Crippen LogP contribution >= 0.6 is 0 Å². The van der Waals surface area contributed by atoms with E-state index in [4.69, 9.17) is 4.74 Å². The maximum atomic E-state index is 6.83. The minimum atomic E-state index is -0.248. The Labute approximate surface area is 159 Å². The van der Waals surface area contributed by atoms with Crippen LogP contribution in [0.5, 0.6) is 0 Å². The molecule has 3 rings (SSSR count). The molecule has 0 radical (unpaired) electrons. The standard InChI is InChI=1S/C25H34O/c1-14-11-12-20(13-15(14)2)23-21-18(5)16(3)17(4)19(6)22(21)24(7,8)25(9,10)26-23/h11-13,23H,1-10H3. The number of benzene rings is 2. The first-order chi connectivity index (χ1) is 11.9. The van der Waals surface area contributed by atoms with Crippen molar-refractivity contribution in [3.63, 3.8) is 0 Å². The van der Waals surface area contributed by atoms with E-state index in [0.29, 0.717) is 0 Å². The van der Waals surface area contributed by atoms with E-state index in [-0.39, 0.29) is 17.1 Å². The second-order valence-electron chi connectivity index (χ2n) is 9.27. The quantitative estimate of drug-likeness (QED) is 0.555. The van der Waals surface area contributed by atoms with Crippen molar-refractivity contribution in [1.29, 1.82) is 0 Å². The van der Waals surface area contributed by atoms with E-state index in [2.05, 4.69) is 87.4 Å². The summed E-state index contributed by atoms with van der Waals surface area (Å²) < 4.78 is 6.83. The van der Waals surface area contributed by atoms with Crippen LogP contribution in [0.15, 0.2) is 18.2 Å². The third-order valence-electron chi connectivity index (χ3n) is 7.37. The van der Waals surface area contributed by atoms with Gasteiger partial charge in [0.1, 0.15) is 6.10 Å². The van der Waals surface area contributed by atoms with Gasteiger partial charge in [0, 0.05) is 5.41 Å². The van der Waals surface area contributed by atoms with Crippen LogP contribution < -0.4 is 0 Å². The Morgan fingerprint density at radius 3 is 1.88 bits per heavy atom. The number of hydrogen-bond acceptors (Lipinski definition) is 1. The van der Waals surface area contributed by atoms with Gasteiger partial charge >= 0.3 is 0 Å². The number of ether oxygens (including phenoxy) is 1. The van der Waals surface area contributed by atoms with Gasteiger partial charge in [-0.15, -0.1) is 0 Å². The first kappa shape index (κ1) is 19.2. The smallest absolute Gasteiger partial charge is 0.109 e. The average Bonchev–Trinajstić information content (AvgIpc) is 2.55. The first-order valence-corrected chi connectivity index (χ1v) is 9.76. The zero-order valence-electron chi connectivity index (χ0n) is 18.2. The van der Waals surface area contributed by atoms with Crippen molar-refractivity contribution in [2.75, 3.05) is 0 Å². The van der Waals surface area contributed by atoms with Crippen LogP contribution in [0.2, 0.25) is 0 Å². The van der Waals surface area contributed by atoms with Gasteiger partial charge in [-0.3, -0.25) is 0 Å². The highest BCUT2D eigenvalue weighted by Gasteiger charge is 2.49. The number of fused-ring (bicyclic) bond motifs is 1. The fraction of sp³-hybridized carbons (Fsp3) is 0.520. The summed E-state index contributed by atoms with van der Waals surface area (Å²) in [7, 11) is 0. The normalized spacial score (nSPS) is 20.8. The van der Waals surface area contributed by atoms with Crippen molar-refractivity contribution in [2.45, 2.75) is 86.4 Å². The van der Waals surface area contributed by atoms with E-state index in [1.807, 2.05) is 0 Å². The van der Waals surface area contributed by atoms with Crippen molar-refractivity contribution < 1.29 is 4.74 Å². The van der Waals surface area contributed by atoms with Crippen LogP contribution in [0, 0.1) is 41.5 Å². The summed E-state index contributed by atoms with van der Waals surface area (Å²) in [6.07, 6.45) is -0.00896. The Morgan fingerprint density at radius 2 is 1.31 bits per heavy atom. The zero-order valence-corrected chi connectivity index (χ0v) is 18.2. The molecule has 0 spiro atoms. The third-order valence-corrected chi connectivity index (χ3v) is 7.37. The van der Waals surface area contributed by atoms with Gasteiger partial charge in [-0.05, 0) is 105 Å². The number of hydrogen-bond donors (Lipinski definition) is 0. The second kappa shape index (κ2) is 5.96. The maximum absolute atomic E-state index is 6.83. The van der Waals surface area contributed by atoms with Gasteiger partial charge in [0.15, 0.2) is 0 Å². The molecule has 2 aromatic carbocycles. The molecule has 1 unspecified atom stereocenters. The van der Waals surface area contributed by atoms with Gasteiger partial charge < -0.3 is 4.74 Å². The first-order valence-electron chi connectivity index (χ1n) is 9.76. The van der Waals surface area contributed by atoms with E-state index in [1.165, 1.54) is 50.1 Å². The highest BCUT2D eigenvalue weighted by atomic mass is 16.5. The SMILES string of the molecule is Cc1ccc(C2OC(C)(C)C(C)(C)c3c(C)c(C)c(C)c(C)c32)cc1C. The van der Waals surface area contributed by atoms with E-state index in [1.54, 1.807) is 0 Å². The number of rotatable bonds is 1. The van der Waals surface area contributed by atoms with Gasteiger partial charge in [0.05, 0.1) is 5.60 Å². The number of aryl methyl sites for hydroxylation is 2. The molecule has 1 nitrogen and oxygen atoms in total. The molecule has 0 bridgehead atoms. The molecule has 0 saturated heterocycles. The fourth-order valence-corrected chi connectivity index (χ4v) is 4.44. The predicted molar refractivity (Wildman–Crippen MR) is 111 cm³/mol. The van der Waals surface area contributed by atoms with Crippen molar-refractivity contribution >= 4 is 0 Å². The van der Waals surface area contributed by atoms with Gasteiger partial charge in [0.25, 0.3) is 0 Å². The molecular weight excluding hydrogens is 316 g/mol. The molecule has 0 aromatic heterocycles. The summed E-state index contributed by atoms with van der Waals surface area (Å²) in [6.45, 7) is 22.6. The highest BCUT2D eigenvalue weighted by Crippen LogP contribution is 2.53. The lowest BCUT2D eigenvalue weighted by Crippen LogP contribution is -2.51. The van der Waals surface area contributed by atoms with Crippen molar-refractivity contribution in [3.05, 3.63) is 68.3 Å². The molecular formula is C25H34O. The van der Waals surface area contributed by atoms with Crippen LogP contribution in [0.3, 0.4) is 0 Å². The molecule has 0 amide bonds.